The Morgan fingerprint density at radius 3 is 2.81 bits per heavy atom. The van der Waals surface area contributed by atoms with E-state index in [1.165, 1.54) is 0 Å². The van der Waals surface area contributed by atoms with E-state index in [0.717, 1.165) is 37.0 Å². The van der Waals surface area contributed by atoms with Crippen molar-refractivity contribution in [3.63, 3.8) is 0 Å². The predicted molar refractivity (Wildman–Crippen MR) is 78.9 cm³/mol. The van der Waals surface area contributed by atoms with Crippen LogP contribution in [0.3, 0.4) is 0 Å². The van der Waals surface area contributed by atoms with Crippen LogP contribution in [0.25, 0.3) is 0 Å². The molecule has 0 aliphatic heterocycles. The van der Waals surface area contributed by atoms with Crippen molar-refractivity contribution in [2.24, 2.45) is 0 Å². The first-order chi connectivity index (χ1) is 10.3. The zero-order chi connectivity index (χ0) is 14.7. The minimum atomic E-state index is -0.491. The molecule has 4 heteroatoms. The number of hydrogen-bond donors (Lipinski definition) is 0. The second-order valence-electron chi connectivity index (χ2n) is 5.78. The summed E-state index contributed by atoms with van der Waals surface area (Å²) < 4.78 is 5.33. The Morgan fingerprint density at radius 1 is 1.33 bits per heavy atom. The molecular weight excluding hydrogens is 264 g/mol. The molecule has 2 aromatic rings. The van der Waals surface area contributed by atoms with Crippen molar-refractivity contribution in [1.82, 2.24) is 10.4 Å². The fourth-order valence-corrected chi connectivity index (χ4v) is 3.79. The molecule has 0 N–H and O–H groups in total. The van der Waals surface area contributed by atoms with Crippen LogP contribution in [0.5, 0.6) is 0 Å². The third-order valence-corrected chi connectivity index (χ3v) is 4.64. The van der Waals surface area contributed by atoms with Gasteiger partial charge in [0.1, 0.15) is 5.78 Å². The molecule has 1 fully saturated rings. The van der Waals surface area contributed by atoms with Gasteiger partial charge >= 0.3 is 0 Å². The molecule has 1 heterocycles. The third-order valence-electron chi connectivity index (χ3n) is 4.64. The van der Waals surface area contributed by atoms with E-state index in [1.54, 1.807) is 6.20 Å². The molecule has 1 saturated carbocycles. The number of nitrogens with zero attached hydrogens (tertiary/aromatic N) is 2. The summed E-state index contributed by atoms with van der Waals surface area (Å²) in [5.41, 5.74) is 0.605. The van der Waals surface area contributed by atoms with E-state index in [4.69, 9.17) is 4.52 Å². The van der Waals surface area contributed by atoms with Crippen LogP contribution in [-0.2, 0) is 10.2 Å². The van der Waals surface area contributed by atoms with Gasteiger partial charge in [-0.2, -0.15) is 0 Å². The molecular formula is C17H20N2O2. The molecule has 0 amide bonds. The summed E-state index contributed by atoms with van der Waals surface area (Å²) in [5, 5.41) is 7.42. The molecule has 4 nitrogen and oxygen atoms in total. The highest BCUT2D eigenvalue weighted by Gasteiger charge is 2.49. The summed E-state index contributed by atoms with van der Waals surface area (Å²) in [6, 6.07) is 10.1. The van der Waals surface area contributed by atoms with Gasteiger partial charge in [-0.15, -0.1) is 5.10 Å². The summed E-state index contributed by atoms with van der Waals surface area (Å²) in [6.45, 7) is 2.13. The van der Waals surface area contributed by atoms with E-state index in [9.17, 15) is 4.79 Å². The van der Waals surface area contributed by atoms with Crippen LogP contribution in [0, 0.1) is 0 Å². The lowest BCUT2D eigenvalue weighted by Gasteiger charge is -2.42. The Bertz CT molecular complexity index is 595. The van der Waals surface area contributed by atoms with Crippen molar-refractivity contribution in [2.45, 2.75) is 50.4 Å². The van der Waals surface area contributed by atoms with Crippen molar-refractivity contribution in [3.8, 4) is 0 Å². The van der Waals surface area contributed by atoms with Gasteiger partial charge in [-0.3, -0.25) is 4.79 Å². The maximum absolute atomic E-state index is 12.9. The first-order valence-corrected chi connectivity index (χ1v) is 7.65. The van der Waals surface area contributed by atoms with E-state index in [1.807, 2.05) is 18.2 Å². The van der Waals surface area contributed by atoms with Gasteiger partial charge in [-0.25, -0.2) is 0 Å². The van der Waals surface area contributed by atoms with Crippen LogP contribution in [-0.4, -0.2) is 16.2 Å². The number of Topliss-reactive ketones (excluding diaryl/α,β-unsaturated/α-hetero) is 1. The monoisotopic (exact) mass is 284 g/mol. The standard InChI is InChI=1S/C17H20N2O2/c1-2-11-17(13-7-4-3-5-8-13)14(9-6-10-16(17)20)15-12-18-19-21-15/h3-5,7-8,12,14H,2,6,9-11H2,1H3. The van der Waals surface area contributed by atoms with Crippen LogP contribution < -0.4 is 0 Å². The molecule has 0 spiro atoms. The second kappa shape index (κ2) is 5.80. The highest BCUT2D eigenvalue weighted by atomic mass is 16.5. The normalized spacial score (nSPS) is 26.0. The molecule has 1 aliphatic rings. The molecule has 0 radical (unpaired) electrons. The minimum absolute atomic E-state index is 0.0381. The van der Waals surface area contributed by atoms with E-state index >= 15 is 0 Å². The third kappa shape index (κ3) is 2.28. The molecule has 110 valence electrons. The molecule has 0 bridgehead atoms. The summed E-state index contributed by atoms with van der Waals surface area (Å²) in [4.78, 5) is 12.9. The molecule has 1 aromatic heterocycles. The number of hydrogen-bond acceptors (Lipinski definition) is 4. The zero-order valence-corrected chi connectivity index (χ0v) is 12.3. The summed E-state index contributed by atoms with van der Waals surface area (Å²) in [6.07, 6.45) is 5.95. The average Bonchev–Trinajstić information content (AvgIpc) is 3.04. The Labute approximate surface area is 124 Å². The van der Waals surface area contributed by atoms with Crippen molar-refractivity contribution in [1.29, 1.82) is 0 Å². The van der Waals surface area contributed by atoms with Gasteiger partial charge in [0.25, 0.3) is 0 Å². The lowest BCUT2D eigenvalue weighted by molar-refractivity contribution is -0.128. The number of benzene rings is 1. The first-order valence-electron chi connectivity index (χ1n) is 7.65. The fourth-order valence-electron chi connectivity index (χ4n) is 3.79. The lowest BCUT2D eigenvalue weighted by Crippen LogP contribution is -2.44. The van der Waals surface area contributed by atoms with E-state index in [2.05, 4.69) is 29.4 Å². The van der Waals surface area contributed by atoms with Crippen LogP contribution in [0.4, 0.5) is 0 Å². The summed E-state index contributed by atoms with van der Waals surface area (Å²) >= 11 is 0. The number of rotatable bonds is 4. The molecule has 21 heavy (non-hydrogen) atoms. The van der Waals surface area contributed by atoms with Crippen LogP contribution >= 0.6 is 0 Å². The van der Waals surface area contributed by atoms with Crippen LogP contribution in [0.15, 0.2) is 41.1 Å². The quantitative estimate of drug-likeness (QED) is 0.860. The number of aromatic nitrogens is 2. The van der Waals surface area contributed by atoms with Gasteiger partial charge < -0.3 is 4.52 Å². The Kier molecular flexibility index (Phi) is 3.86. The number of carbonyl (C=O) groups is 1. The first kappa shape index (κ1) is 14.0. The topological polar surface area (TPSA) is 56.0 Å². The predicted octanol–water partition coefficient (Wildman–Crippen LogP) is 3.64. The largest absolute Gasteiger partial charge is 0.342 e. The molecule has 1 aromatic carbocycles. The summed E-state index contributed by atoms with van der Waals surface area (Å²) in [7, 11) is 0. The van der Waals surface area contributed by atoms with E-state index < -0.39 is 5.41 Å². The Hall–Kier alpha value is -1.97. The highest BCUT2D eigenvalue weighted by Crippen LogP contribution is 2.49. The van der Waals surface area contributed by atoms with Crippen molar-refractivity contribution < 1.29 is 9.32 Å². The van der Waals surface area contributed by atoms with Gasteiger partial charge in [-0.05, 0) is 24.8 Å². The average molecular weight is 284 g/mol. The smallest absolute Gasteiger partial charge is 0.161 e. The van der Waals surface area contributed by atoms with Crippen LogP contribution in [0.1, 0.15) is 56.3 Å². The van der Waals surface area contributed by atoms with E-state index in [-0.39, 0.29) is 5.92 Å². The van der Waals surface area contributed by atoms with Gasteiger partial charge in [0.05, 0.1) is 11.6 Å². The molecule has 1 aliphatic carbocycles. The second-order valence-corrected chi connectivity index (χ2v) is 5.78. The SMILES string of the molecule is CCCC1(c2ccccc2)C(=O)CCCC1c1cnno1. The zero-order valence-electron chi connectivity index (χ0n) is 12.3. The Balaban J connectivity index is 2.14. The lowest BCUT2D eigenvalue weighted by atomic mass is 9.59. The molecule has 2 atom stereocenters. The maximum atomic E-state index is 12.9. The van der Waals surface area contributed by atoms with Crippen LogP contribution in [0.2, 0.25) is 0 Å². The van der Waals surface area contributed by atoms with Gasteiger partial charge in [0.15, 0.2) is 5.76 Å². The van der Waals surface area contributed by atoms with Crippen molar-refractivity contribution >= 4 is 5.78 Å². The highest BCUT2D eigenvalue weighted by molar-refractivity contribution is 5.92. The summed E-state index contributed by atoms with van der Waals surface area (Å²) in [5.74, 6) is 1.10. The number of carbonyl (C=O) groups excluding carboxylic acids is 1. The van der Waals surface area contributed by atoms with E-state index in [0.29, 0.717) is 12.2 Å². The van der Waals surface area contributed by atoms with Gasteiger partial charge in [0, 0.05) is 17.6 Å². The molecule has 2 unspecified atom stereocenters. The van der Waals surface area contributed by atoms with Crippen molar-refractivity contribution in [2.75, 3.05) is 0 Å². The van der Waals surface area contributed by atoms with Gasteiger partial charge in [0.2, 0.25) is 0 Å². The molecule has 3 rings (SSSR count). The fraction of sp³-hybridized carbons (Fsp3) is 0.471. The van der Waals surface area contributed by atoms with Gasteiger partial charge in [-0.1, -0.05) is 43.7 Å². The maximum Gasteiger partial charge on any atom is 0.161 e. The minimum Gasteiger partial charge on any atom is -0.342 e. The molecule has 0 saturated heterocycles. The van der Waals surface area contributed by atoms with Crippen molar-refractivity contribution in [3.05, 3.63) is 47.9 Å². The number of ketones is 1. The Morgan fingerprint density at radius 2 is 2.14 bits per heavy atom.